The van der Waals surface area contributed by atoms with E-state index in [-0.39, 0.29) is 5.92 Å². The fourth-order valence-corrected chi connectivity index (χ4v) is 1.79. The van der Waals surface area contributed by atoms with Crippen molar-refractivity contribution in [2.75, 3.05) is 0 Å². The highest BCUT2D eigenvalue weighted by Gasteiger charge is 2.05. The summed E-state index contributed by atoms with van der Waals surface area (Å²) < 4.78 is 16.3. The largest absolute Gasteiger partial charge is 0.361 e. The Bertz CT molecular complexity index is 517. The molecule has 0 aliphatic rings. The Balaban J connectivity index is 2.72. The molecule has 0 fully saturated rings. The van der Waals surface area contributed by atoms with Crippen molar-refractivity contribution in [3.05, 3.63) is 35.0 Å². The van der Waals surface area contributed by atoms with Crippen molar-refractivity contribution >= 4 is 22.5 Å². The summed E-state index contributed by atoms with van der Waals surface area (Å²) in [7, 11) is 0. The maximum absolute atomic E-state index is 8.13. The summed E-state index contributed by atoms with van der Waals surface area (Å²) in [5, 5.41) is 1.53. The maximum atomic E-state index is 8.13. The lowest BCUT2D eigenvalue weighted by molar-refractivity contribution is 0.649. The van der Waals surface area contributed by atoms with Crippen molar-refractivity contribution in [2.24, 2.45) is 5.92 Å². The van der Waals surface area contributed by atoms with Gasteiger partial charge in [-0.2, -0.15) is 0 Å². The molecule has 14 heavy (non-hydrogen) atoms. The summed E-state index contributed by atoms with van der Waals surface area (Å²) in [6.07, 6.45) is 0.426. The van der Waals surface area contributed by atoms with Gasteiger partial charge in [0.1, 0.15) is 0 Å². The number of aromatic amines is 1. The highest BCUT2D eigenvalue weighted by atomic mass is 35.5. The minimum Gasteiger partial charge on any atom is -0.361 e. The molecule has 2 heteroatoms. The molecule has 1 heterocycles. The zero-order chi connectivity index (χ0) is 11.9. The first-order chi connectivity index (χ1) is 7.43. The second-order valence-corrected chi connectivity index (χ2v) is 4.13. The van der Waals surface area contributed by atoms with Crippen molar-refractivity contribution in [1.29, 1.82) is 0 Å². The van der Waals surface area contributed by atoms with E-state index in [9.17, 15) is 0 Å². The molecule has 0 aliphatic heterocycles. The van der Waals surface area contributed by atoms with Crippen molar-refractivity contribution in [3.63, 3.8) is 0 Å². The summed E-state index contributed by atoms with van der Waals surface area (Å²) >= 11 is 6.01. The monoisotopic (exact) mass is 209 g/mol. The van der Waals surface area contributed by atoms with Gasteiger partial charge >= 0.3 is 0 Å². The average molecular weight is 210 g/mol. The first-order valence-electron chi connectivity index (χ1n) is 5.70. The number of hydrogen-bond donors (Lipinski definition) is 1. The first-order valence-corrected chi connectivity index (χ1v) is 5.08. The third-order valence-corrected chi connectivity index (χ3v) is 2.29. The first kappa shape index (κ1) is 7.36. The minimum absolute atomic E-state index is 0.0996. The van der Waals surface area contributed by atoms with E-state index in [1.165, 1.54) is 0 Å². The summed E-state index contributed by atoms with van der Waals surface area (Å²) in [4.78, 5) is 3.08. The van der Waals surface area contributed by atoms with Gasteiger partial charge in [-0.05, 0) is 36.1 Å². The number of halogens is 1. The molecule has 0 spiro atoms. The minimum atomic E-state index is -1.38. The Kier molecular flexibility index (Phi) is 1.92. The van der Waals surface area contributed by atoms with E-state index < -0.39 is 6.37 Å². The van der Waals surface area contributed by atoms with E-state index in [2.05, 4.69) is 4.98 Å². The molecule has 0 amide bonds. The zero-order valence-corrected chi connectivity index (χ0v) is 9.02. The fourth-order valence-electron chi connectivity index (χ4n) is 1.56. The maximum Gasteiger partial charge on any atom is 0.0487 e. The lowest BCUT2D eigenvalue weighted by atomic mass is 10.0. The molecule has 1 N–H and O–H groups in total. The molecule has 0 bridgehead atoms. The summed E-state index contributed by atoms with van der Waals surface area (Å²) in [5.74, 6) is -0.0996. The molecular formula is C12H14ClN. The molecule has 2 rings (SSSR count). The standard InChI is InChI=1S/C12H14ClN/c1-8(2)5-10-7-11(13)6-9-3-4-14-12(9)10/h3-4,6-8,14H,5H2,1-2H3/i5D2. The van der Waals surface area contributed by atoms with Crippen LogP contribution in [0.25, 0.3) is 10.9 Å². The summed E-state index contributed by atoms with van der Waals surface area (Å²) in [6.45, 7) is 3.74. The van der Waals surface area contributed by atoms with Crippen LogP contribution in [0.4, 0.5) is 0 Å². The van der Waals surface area contributed by atoms with Gasteiger partial charge in [0.25, 0.3) is 0 Å². The van der Waals surface area contributed by atoms with Crippen LogP contribution in [0.15, 0.2) is 24.4 Å². The smallest absolute Gasteiger partial charge is 0.0487 e. The van der Waals surface area contributed by atoms with E-state index in [0.29, 0.717) is 10.6 Å². The average Bonchev–Trinajstić information content (AvgIpc) is 2.63. The molecule has 1 aromatic carbocycles. The highest BCUT2D eigenvalue weighted by molar-refractivity contribution is 6.31. The van der Waals surface area contributed by atoms with Crippen LogP contribution in [-0.2, 0) is 6.37 Å². The predicted octanol–water partition coefficient (Wildman–Crippen LogP) is 4.02. The van der Waals surface area contributed by atoms with Crippen molar-refractivity contribution in [2.45, 2.75) is 20.2 Å². The van der Waals surface area contributed by atoms with Crippen LogP contribution < -0.4 is 0 Å². The number of H-pyrrole nitrogens is 1. The second kappa shape index (κ2) is 3.66. The quantitative estimate of drug-likeness (QED) is 0.769. The van der Waals surface area contributed by atoms with Gasteiger partial charge in [-0.1, -0.05) is 25.4 Å². The van der Waals surface area contributed by atoms with Gasteiger partial charge in [-0.25, -0.2) is 0 Å². The summed E-state index contributed by atoms with van der Waals surface area (Å²) in [6, 6.07) is 5.45. The van der Waals surface area contributed by atoms with Gasteiger partial charge in [0.15, 0.2) is 0 Å². The molecule has 74 valence electrons. The van der Waals surface area contributed by atoms with Crippen LogP contribution in [0, 0.1) is 5.92 Å². The molecule has 1 aromatic heterocycles. The SMILES string of the molecule is [2H]C([2H])(c1cc(Cl)cc2cc[nH]c12)C(C)C. The van der Waals surface area contributed by atoms with Crippen LogP contribution in [0.5, 0.6) is 0 Å². The van der Waals surface area contributed by atoms with Gasteiger partial charge in [0, 0.05) is 24.9 Å². The zero-order valence-electron chi connectivity index (χ0n) is 10.3. The number of benzene rings is 1. The van der Waals surface area contributed by atoms with Gasteiger partial charge in [0.05, 0.1) is 0 Å². The number of fused-ring (bicyclic) bond motifs is 1. The van der Waals surface area contributed by atoms with Gasteiger partial charge in [0.2, 0.25) is 0 Å². The van der Waals surface area contributed by atoms with Crippen LogP contribution >= 0.6 is 11.6 Å². The van der Waals surface area contributed by atoms with E-state index >= 15 is 0 Å². The van der Waals surface area contributed by atoms with Crippen LogP contribution in [0.2, 0.25) is 5.02 Å². The molecule has 0 unspecified atom stereocenters. The van der Waals surface area contributed by atoms with Gasteiger partial charge in [-0.15, -0.1) is 0 Å². The third kappa shape index (κ3) is 1.78. The van der Waals surface area contributed by atoms with Crippen LogP contribution in [-0.4, -0.2) is 4.98 Å². The van der Waals surface area contributed by atoms with E-state index in [1.807, 2.05) is 26.0 Å². The normalized spacial score (nSPS) is 14.6. The van der Waals surface area contributed by atoms with Gasteiger partial charge in [-0.3, -0.25) is 0 Å². The number of hydrogen-bond acceptors (Lipinski definition) is 0. The Morgan fingerprint density at radius 2 is 2.29 bits per heavy atom. The molecular weight excluding hydrogens is 194 g/mol. The molecule has 0 saturated heterocycles. The number of rotatable bonds is 2. The number of nitrogens with one attached hydrogen (secondary N) is 1. The fraction of sp³-hybridized carbons (Fsp3) is 0.333. The Labute approximate surface area is 91.9 Å². The van der Waals surface area contributed by atoms with E-state index in [4.69, 9.17) is 14.3 Å². The Morgan fingerprint density at radius 1 is 1.50 bits per heavy atom. The molecule has 0 atom stereocenters. The lowest BCUT2D eigenvalue weighted by Crippen LogP contribution is -1.95. The van der Waals surface area contributed by atoms with Crippen molar-refractivity contribution < 1.29 is 2.74 Å². The number of aromatic nitrogens is 1. The molecule has 2 aromatic rings. The van der Waals surface area contributed by atoms with E-state index in [1.54, 1.807) is 12.3 Å². The Hall–Kier alpha value is -0.950. The highest BCUT2D eigenvalue weighted by Crippen LogP contribution is 2.24. The molecule has 0 radical (unpaired) electrons. The molecule has 1 nitrogen and oxygen atoms in total. The molecule has 0 aliphatic carbocycles. The third-order valence-electron chi connectivity index (χ3n) is 2.07. The topological polar surface area (TPSA) is 15.8 Å². The van der Waals surface area contributed by atoms with Crippen molar-refractivity contribution in [1.82, 2.24) is 4.98 Å². The lowest BCUT2D eigenvalue weighted by Gasteiger charge is -2.07. The van der Waals surface area contributed by atoms with Crippen LogP contribution in [0.1, 0.15) is 22.2 Å². The summed E-state index contributed by atoms with van der Waals surface area (Å²) in [5.41, 5.74) is 1.47. The van der Waals surface area contributed by atoms with Gasteiger partial charge < -0.3 is 4.98 Å². The van der Waals surface area contributed by atoms with E-state index in [0.717, 1.165) is 10.9 Å². The van der Waals surface area contributed by atoms with Crippen molar-refractivity contribution in [3.8, 4) is 0 Å². The second-order valence-electron chi connectivity index (χ2n) is 3.69. The Morgan fingerprint density at radius 3 is 3.00 bits per heavy atom. The predicted molar refractivity (Wildman–Crippen MR) is 61.9 cm³/mol. The molecule has 0 saturated carbocycles. The van der Waals surface area contributed by atoms with Crippen LogP contribution in [0.3, 0.4) is 0 Å².